The van der Waals surface area contributed by atoms with Crippen molar-refractivity contribution in [2.75, 3.05) is 23.4 Å². The molecule has 0 saturated heterocycles. The summed E-state index contributed by atoms with van der Waals surface area (Å²) in [5, 5.41) is 11.9. The number of hydrogen-bond donors (Lipinski definition) is 2. The summed E-state index contributed by atoms with van der Waals surface area (Å²) in [6, 6.07) is 6.21. The van der Waals surface area contributed by atoms with Gasteiger partial charge in [-0.1, -0.05) is 13.0 Å². The van der Waals surface area contributed by atoms with E-state index >= 15 is 0 Å². The van der Waals surface area contributed by atoms with Crippen LogP contribution in [0.5, 0.6) is 0 Å². The zero-order valence-corrected chi connectivity index (χ0v) is 12.1. The van der Waals surface area contributed by atoms with Crippen molar-refractivity contribution in [3.8, 4) is 0 Å². The Bertz CT molecular complexity index is 448. The summed E-state index contributed by atoms with van der Waals surface area (Å²) in [6.07, 6.45) is 3.52. The fourth-order valence-corrected chi connectivity index (χ4v) is 3.14. The van der Waals surface area contributed by atoms with Gasteiger partial charge in [-0.25, -0.2) is 0 Å². The zero-order chi connectivity index (χ0) is 13.7. The average molecular weight is 279 g/mol. The molecule has 0 heterocycles. The first-order chi connectivity index (χ1) is 9.19. The van der Waals surface area contributed by atoms with E-state index in [1.807, 2.05) is 13.0 Å². The fraction of sp³-hybridized carbons (Fsp3) is 0.533. The standard InChI is InChI=1S/C15H21NO2S/c1-11(8-17)9-19-10-15(18)16-14-6-5-12-3-2-4-13(12)7-14/h5-7,11,17H,2-4,8-10H2,1H3,(H,16,18). The number of hydrogen-bond acceptors (Lipinski definition) is 3. The minimum atomic E-state index is 0.0353. The van der Waals surface area contributed by atoms with Crippen molar-refractivity contribution in [2.45, 2.75) is 26.2 Å². The maximum Gasteiger partial charge on any atom is 0.234 e. The topological polar surface area (TPSA) is 49.3 Å². The molecule has 0 fully saturated rings. The van der Waals surface area contributed by atoms with Crippen LogP contribution >= 0.6 is 11.8 Å². The maximum atomic E-state index is 11.8. The Balaban J connectivity index is 1.79. The summed E-state index contributed by atoms with van der Waals surface area (Å²) < 4.78 is 0. The average Bonchev–Trinajstić information content (AvgIpc) is 2.85. The van der Waals surface area contributed by atoms with Gasteiger partial charge in [-0.15, -0.1) is 0 Å². The van der Waals surface area contributed by atoms with Crippen LogP contribution in [0.3, 0.4) is 0 Å². The Morgan fingerprint density at radius 2 is 2.21 bits per heavy atom. The number of rotatable bonds is 6. The van der Waals surface area contributed by atoms with Crippen LogP contribution in [0, 0.1) is 5.92 Å². The van der Waals surface area contributed by atoms with E-state index < -0.39 is 0 Å². The molecule has 19 heavy (non-hydrogen) atoms. The summed E-state index contributed by atoms with van der Waals surface area (Å²) in [4.78, 5) is 11.8. The first-order valence-corrected chi connectivity index (χ1v) is 7.94. The molecule has 1 aliphatic rings. The van der Waals surface area contributed by atoms with Crippen LogP contribution in [0.15, 0.2) is 18.2 Å². The van der Waals surface area contributed by atoms with Crippen LogP contribution in [-0.2, 0) is 17.6 Å². The lowest BCUT2D eigenvalue weighted by Gasteiger charge is -2.09. The molecule has 2 N–H and O–H groups in total. The molecular formula is C15H21NO2S. The number of aryl methyl sites for hydroxylation is 2. The molecule has 0 saturated carbocycles. The number of fused-ring (bicyclic) bond motifs is 1. The number of nitrogens with one attached hydrogen (secondary N) is 1. The lowest BCUT2D eigenvalue weighted by Crippen LogP contribution is -2.15. The van der Waals surface area contributed by atoms with Gasteiger partial charge in [-0.2, -0.15) is 11.8 Å². The third-order valence-electron chi connectivity index (χ3n) is 3.33. The van der Waals surface area contributed by atoms with Crippen molar-refractivity contribution < 1.29 is 9.90 Å². The summed E-state index contributed by atoms with van der Waals surface area (Å²) >= 11 is 1.57. The molecule has 3 nitrogen and oxygen atoms in total. The Hall–Kier alpha value is -1.00. The Morgan fingerprint density at radius 3 is 3.00 bits per heavy atom. The highest BCUT2D eigenvalue weighted by Crippen LogP contribution is 2.24. The second-order valence-corrected chi connectivity index (χ2v) is 6.22. The summed E-state index contributed by atoms with van der Waals surface area (Å²) in [6.45, 7) is 2.16. The number of carbonyl (C=O) groups is 1. The highest BCUT2D eigenvalue weighted by Gasteiger charge is 2.12. The first kappa shape index (κ1) is 14.4. The van der Waals surface area contributed by atoms with E-state index in [2.05, 4.69) is 17.4 Å². The minimum Gasteiger partial charge on any atom is -0.396 e. The summed E-state index contributed by atoms with van der Waals surface area (Å²) in [5.74, 6) is 1.54. The van der Waals surface area contributed by atoms with Crippen molar-refractivity contribution in [3.63, 3.8) is 0 Å². The van der Waals surface area contributed by atoms with Crippen LogP contribution in [0.1, 0.15) is 24.5 Å². The van der Waals surface area contributed by atoms with Gasteiger partial charge in [0.1, 0.15) is 0 Å². The quantitative estimate of drug-likeness (QED) is 0.841. The van der Waals surface area contributed by atoms with Gasteiger partial charge in [0.25, 0.3) is 0 Å². The van der Waals surface area contributed by atoms with E-state index in [0.717, 1.165) is 17.9 Å². The van der Waals surface area contributed by atoms with Crippen LogP contribution in [0.4, 0.5) is 5.69 Å². The Morgan fingerprint density at radius 1 is 1.42 bits per heavy atom. The third kappa shape index (κ3) is 4.25. The number of anilines is 1. The van der Waals surface area contributed by atoms with Crippen LogP contribution in [0.2, 0.25) is 0 Å². The monoisotopic (exact) mass is 279 g/mol. The summed E-state index contributed by atoms with van der Waals surface area (Å²) in [5.41, 5.74) is 3.70. The normalized spacial score (nSPS) is 15.1. The highest BCUT2D eigenvalue weighted by molar-refractivity contribution is 7.99. The molecule has 0 aliphatic heterocycles. The Kier molecular flexibility index (Phi) is 5.28. The lowest BCUT2D eigenvalue weighted by atomic mass is 10.1. The second kappa shape index (κ2) is 6.96. The van der Waals surface area contributed by atoms with Gasteiger partial charge in [-0.3, -0.25) is 4.79 Å². The largest absolute Gasteiger partial charge is 0.396 e. The van der Waals surface area contributed by atoms with Crippen molar-refractivity contribution in [1.82, 2.24) is 0 Å². The van der Waals surface area contributed by atoms with E-state index in [-0.39, 0.29) is 18.4 Å². The molecule has 1 aromatic carbocycles. The fourth-order valence-electron chi connectivity index (χ4n) is 2.25. The maximum absolute atomic E-state index is 11.8. The lowest BCUT2D eigenvalue weighted by molar-refractivity contribution is -0.113. The highest BCUT2D eigenvalue weighted by atomic mass is 32.2. The van der Waals surface area contributed by atoms with Gasteiger partial charge in [0.2, 0.25) is 5.91 Å². The molecule has 1 unspecified atom stereocenters. The summed E-state index contributed by atoms with van der Waals surface area (Å²) in [7, 11) is 0. The molecule has 1 atom stereocenters. The van der Waals surface area contributed by atoms with Crippen LogP contribution in [-0.4, -0.2) is 29.1 Å². The van der Waals surface area contributed by atoms with Crippen LogP contribution in [0.25, 0.3) is 0 Å². The first-order valence-electron chi connectivity index (χ1n) is 6.79. The van der Waals surface area contributed by atoms with Gasteiger partial charge in [0, 0.05) is 12.3 Å². The van der Waals surface area contributed by atoms with E-state index in [1.54, 1.807) is 11.8 Å². The molecule has 1 aromatic rings. The Labute approximate surface area is 118 Å². The predicted molar refractivity (Wildman–Crippen MR) is 80.7 cm³/mol. The van der Waals surface area contributed by atoms with Crippen molar-refractivity contribution in [1.29, 1.82) is 0 Å². The zero-order valence-electron chi connectivity index (χ0n) is 11.3. The number of aliphatic hydroxyl groups is 1. The molecule has 0 radical (unpaired) electrons. The van der Waals surface area contributed by atoms with Gasteiger partial charge in [-0.05, 0) is 54.2 Å². The second-order valence-electron chi connectivity index (χ2n) is 5.19. The number of aliphatic hydroxyl groups excluding tert-OH is 1. The van der Waals surface area contributed by atoms with Crippen molar-refractivity contribution in [2.24, 2.45) is 5.92 Å². The molecule has 4 heteroatoms. The van der Waals surface area contributed by atoms with Gasteiger partial charge >= 0.3 is 0 Å². The molecule has 0 spiro atoms. The molecule has 1 amide bonds. The van der Waals surface area contributed by atoms with E-state index in [4.69, 9.17) is 5.11 Å². The number of carbonyl (C=O) groups excluding carboxylic acids is 1. The predicted octanol–water partition coefficient (Wildman–Crippen LogP) is 2.48. The number of benzene rings is 1. The SMILES string of the molecule is CC(CO)CSCC(=O)Nc1ccc2c(c1)CCC2. The van der Waals surface area contributed by atoms with Crippen LogP contribution < -0.4 is 5.32 Å². The molecular weight excluding hydrogens is 258 g/mol. The molecule has 0 aromatic heterocycles. The van der Waals surface area contributed by atoms with Gasteiger partial charge in [0.05, 0.1) is 5.75 Å². The van der Waals surface area contributed by atoms with E-state index in [9.17, 15) is 4.79 Å². The van der Waals surface area contributed by atoms with E-state index in [0.29, 0.717) is 5.75 Å². The van der Waals surface area contributed by atoms with E-state index in [1.165, 1.54) is 24.0 Å². The molecule has 104 valence electrons. The molecule has 0 bridgehead atoms. The third-order valence-corrected chi connectivity index (χ3v) is 4.60. The van der Waals surface area contributed by atoms with Crippen molar-refractivity contribution >= 4 is 23.4 Å². The number of thioether (sulfide) groups is 1. The van der Waals surface area contributed by atoms with Gasteiger partial charge < -0.3 is 10.4 Å². The molecule has 1 aliphatic carbocycles. The molecule has 2 rings (SSSR count). The smallest absolute Gasteiger partial charge is 0.234 e. The van der Waals surface area contributed by atoms with Gasteiger partial charge in [0.15, 0.2) is 0 Å². The number of amides is 1. The minimum absolute atomic E-state index is 0.0353. The van der Waals surface area contributed by atoms with Crippen molar-refractivity contribution in [3.05, 3.63) is 29.3 Å².